The number of aromatic nitrogens is 3. The summed E-state index contributed by atoms with van der Waals surface area (Å²) in [7, 11) is 0. The highest BCUT2D eigenvalue weighted by molar-refractivity contribution is 5.73. The maximum Gasteiger partial charge on any atom is 0.247 e. The Bertz CT molecular complexity index is 529. The minimum absolute atomic E-state index is 0.142. The van der Waals surface area contributed by atoms with E-state index in [0.717, 1.165) is 51.0 Å². The maximum absolute atomic E-state index is 11.4. The van der Waals surface area contributed by atoms with Crippen LogP contribution in [0.2, 0.25) is 0 Å². The number of amides is 1. The predicted molar refractivity (Wildman–Crippen MR) is 84.9 cm³/mol. The van der Waals surface area contributed by atoms with Crippen LogP contribution in [0.1, 0.15) is 26.7 Å². The van der Waals surface area contributed by atoms with Crippen LogP contribution in [-0.2, 0) is 4.79 Å². The Kier molecular flexibility index (Phi) is 4.40. The van der Waals surface area contributed by atoms with E-state index in [4.69, 9.17) is 4.98 Å². The molecule has 1 amide bonds. The monoisotopic (exact) mass is 304 g/mol. The lowest BCUT2D eigenvalue weighted by atomic mass is 10.0. The van der Waals surface area contributed by atoms with Gasteiger partial charge >= 0.3 is 0 Å². The molecule has 1 aromatic heterocycles. The third kappa shape index (κ3) is 3.28. The van der Waals surface area contributed by atoms with Gasteiger partial charge < -0.3 is 14.7 Å². The van der Waals surface area contributed by atoms with Crippen LogP contribution in [0.3, 0.4) is 0 Å². The number of nitrogens with zero attached hydrogens (tertiary/aromatic N) is 6. The van der Waals surface area contributed by atoms with Gasteiger partial charge in [-0.15, -0.1) is 5.10 Å². The molecule has 0 radical (unpaired) electrons. The molecular formula is C15H24N6O. The van der Waals surface area contributed by atoms with Crippen molar-refractivity contribution in [2.75, 3.05) is 49.1 Å². The minimum Gasteiger partial charge on any atom is -0.352 e. The van der Waals surface area contributed by atoms with Crippen LogP contribution in [0.15, 0.2) is 6.20 Å². The highest BCUT2D eigenvalue weighted by Crippen LogP contribution is 2.21. The van der Waals surface area contributed by atoms with E-state index in [0.29, 0.717) is 5.92 Å². The largest absolute Gasteiger partial charge is 0.352 e. The van der Waals surface area contributed by atoms with Gasteiger partial charge in [0.05, 0.1) is 6.20 Å². The number of hydrogen-bond acceptors (Lipinski definition) is 6. The second-order valence-electron chi connectivity index (χ2n) is 6.30. The van der Waals surface area contributed by atoms with Crippen molar-refractivity contribution in [3.63, 3.8) is 0 Å². The zero-order valence-electron chi connectivity index (χ0n) is 13.4. The molecule has 1 unspecified atom stereocenters. The van der Waals surface area contributed by atoms with E-state index in [1.807, 2.05) is 4.90 Å². The van der Waals surface area contributed by atoms with Gasteiger partial charge in [0, 0.05) is 46.2 Å². The van der Waals surface area contributed by atoms with E-state index in [-0.39, 0.29) is 5.91 Å². The highest BCUT2D eigenvalue weighted by atomic mass is 16.2. The summed E-state index contributed by atoms with van der Waals surface area (Å²) < 4.78 is 0. The standard InChI is InChI=1S/C15H24N6O/c1-12-4-3-5-21(11-12)15-17-14(10-16-18-15)20-8-6-19(7-9-20)13(2)22/h10,12H,3-9,11H2,1-2H3. The molecule has 1 aromatic rings. The molecule has 0 aliphatic carbocycles. The smallest absolute Gasteiger partial charge is 0.247 e. The summed E-state index contributed by atoms with van der Waals surface area (Å²) in [5.74, 6) is 2.42. The van der Waals surface area contributed by atoms with E-state index < -0.39 is 0 Å². The number of anilines is 2. The summed E-state index contributed by atoms with van der Waals surface area (Å²) in [4.78, 5) is 22.4. The van der Waals surface area contributed by atoms with Crippen molar-refractivity contribution in [3.05, 3.63) is 6.20 Å². The van der Waals surface area contributed by atoms with Crippen LogP contribution in [0, 0.1) is 5.92 Å². The van der Waals surface area contributed by atoms with Crippen LogP contribution >= 0.6 is 0 Å². The molecule has 2 fully saturated rings. The molecule has 0 aromatic carbocycles. The lowest BCUT2D eigenvalue weighted by Gasteiger charge is -2.35. The molecule has 1 atom stereocenters. The Hall–Kier alpha value is -1.92. The fraction of sp³-hybridized carbons (Fsp3) is 0.733. The van der Waals surface area contributed by atoms with Crippen LogP contribution in [0.4, 0.5) is 11.8 Å². The molecule has 0 spiro atoms. The van der Waals surface area contributed by atoms with Crippen molar-refractivity contribution in [1.29, 1.82) is 0 Å². The summed E-state index contributed by atoms with van der Waals surface area (Å²) in [6, 6.07) is 0. The SMILES string of the molecule is CC(=O)N1CCN(c2cnnc(N3CCCC(C)C3)n2)CC1. The van der Waals surface area contributed by atoms with Crippen molar-refractivity contribution in [2.24, 2.45) is 5.92 Å². The Morgan fingerprint density at radius 2 is 1.95 bits per heavy atom. The summed E-state index contributed by atoms with van der Waals surface area (Å²) in [6.07, 6.45) is 4.18. The lowest BCUT2D eigenvalue weighted by molar-refractivity contribution is -0.129. The average molecular weight is 304 g/mol. The molecular weight excluding hydrogens is 280 g/mol. The van der Waals surface area contributed by atoms with Gasteiger partial charge in [0.1, 0.15) is 0 Å². The van der Waals surface area contributed by atoms with E-state index in [1.54, 1.807) is 13.1 Å². The highest BCUT2D eigenvalue weighted by Gasteiger charge is 2.22. The second kappa shape index (κ2) is 6.46. The van der Waals surface area contributed by atoms with E-state index in [9.17, 15) is 4.79 Å². The van der Waals surface area contributed by atoms with E-state index >= 15 is 0 Å². The van der Waals surface area contributed by atoms with Crippen LogP contribution in [0.25, 0.3) is 0 Å². The second-order valence-corrected chi connectivity index (χ2v) is 6.30. The zero-order chi connectivity index (χ0) is 15.5. The number of carbonyl (C=O) groups excluding carboxylic acids is 1. The molecule has 0 N–H and O–H groups in total. The van der Waals surface area contributed by atoms with Gasteiger partial charge in [-0.2, -0.15) is 10.1 Å². The zero-order valence-corrected chi connectivity index (χ0v) is 13.4. The normalized spacial score (nSPS) is 22.8. The molecule has 2 aliphatic heterocycles. The van der Waals surface area contributed by atoms with Gasteiger partial charge in [-0.25, -0.2) is 0 Å². The Balaban J connectivity index is 1.68. The number of rotatable bonds is 2. The summed E-state index contributed by atoms with van der Waals surface area (Å²) in [5.41, 5.74) is 0. The number of piperazine rings is 1. The molecule has 2 saturated heterocycles. The quantitative estimate of drug-likeness (QED) is 0.804. The first-order valence-corrected chi connectivity index (χ1v) is 8.08. The topological polar surface area (TPSA) is 65.5 Å². The Morgan fingerprint density at radius 1 is 1.18 bits per heavy atom. The van der Waals surface area contributed by atoms with Crippen molar-refractivity contribution < 1.29 is 4.79 Å². The number of hydrogen-bond donors (Lipinski definition) is 0. The molecule has 0 saturated carbocycles. The van der Waals surface area contributed by atoms with E-state index in [2.05, 4.69) is 26.9 Å². The van der Waals surface area contributed by atoms with Crippen molar-refractivity contribution in [1.82, 2.24) is 20.1 Å². The minimum atomic E-state index is 0.142. The van der Waals surface area contributed by atoms with Crippen LogP contribution in [-0.4, -0.2) is 65.3 Å². The molecule has 2 aliphatic rings. The molecule has 7 heteroatoms. The van der Waals surface area contributed by atoms with Crippen LogP contribution in [0.5, 0.6) is 0 Å². The summed E-state index contributed by atoms with van der Waals surface area (Å²) >= 11 is 0. The molecule has 22 heavy (non-hydrogen) atoms. The number of piperidine rings is 1. The van der Waals surface area contributed by atoms with Crippen LogP contribution < -0.4 is 9.80 Å². The maximum atomic E-state index is 11.4. The lowest BCUT2D eigenvalue weighted by Crippen LogP contribution is -2.48. The van der Waals surface area contributed by atoms with Gasteiger partial charge in [0.25, 0.3) is 0 Å². The van der Waals surface area contributed by atoms with Crippen molar-refractivity contribution in [2.45, 2.75) is 26.7 Å². The van der Waals surface area contributed by atoms with Crippen molar-refractivity contribution >= 4 is 17.7 Å². The average Bonchev–Trinajstić information content (AvgIpc) is 2.55. The fourth-order valence-corrected chi connectivity index (χ4v) is 3.19. The first-order chi connectivity index (χ1) is 10.6. The molecule has 3 heterocycles. The van der Waals surface area contributed by atoms with Gasteiger partial charge in [-0.3, -0.25) is 4.79 Å². The summed E-state index contributed by atoms with van der Waals surface area (Å²) in [6.45, 7) is 8.99. The number of carbonyl (C=O) groups is 1. The van der Waals surface area contributed by atoms with E-state index in [1.165, 1.54) is 12.8 Å². The fourth-order valence-electron chi connectivity index (χ4n) is 3.19. The van der Waals surface area contributed by atoms with Gasteiger partial charge in [-0.05, 0) is 18.8 Å². The first kappa shape index (κ1) is 15.0. The first-order valence-electron chi connectivity index (χ1n) is 8.08. The molecule has 3 rings (SSSR count). The molecule has 7 nitrogen and oxygen atoms in total. The van der Waals surface area contributed by atoms with Gasteiger partial charge in [0.15, 0.2) is 5.82 Å². The molecule has 0 bridgehead atoms. The van der Waals surface area contributed by atoms with Gasteiger partial charge in [0.2, 0.25) is 11.9 Å². The Morgan fingerprint density at radius 3 is 2.64 bits per heavy atom. The van der Waals surface area contributed by atoms with Crippen molar-refractivity contribution in [3.8, 4) is 0 Å². The Labute approximate surface area is 131 Å². The third-order valence-electron chi connectivity index (χ3n) is 4.52. The third-order valence-corrected chi connectivity index (χ3v) is 4.52. The predicted octanol–water partition coefficient (Wildman–Crippen LogP) is 0.776. The summed E-state index contributed by atoms with van der Waals surface area (Å²) in [5, 5.41) is 8.35. The molecule has 120 valence electrons. The van der Waals surface area contributed by atoms with Gasteiger partial charge in [-0.1, -0.05) is 6.92 Å².